The molecule has 0 unspecified atom stereocenters. The SMILES string of the molecule is CC(C)(C)c1cc(-c2ccccn2)nc(-c2ccccn2)c1. The number of rotatable bonds is 2. The lowest BCUT2D eigenvalue weighted by Crippen LogP contribution is -2.12. The third-order valence-electron chi connectivity index (χ3n) is 3.55. The molecule has 3 heteroatoms. The minimum Gasteiger partial charge on any atom is -0.255 e. The Morgan fingerprint density at radius 1 is 0.682 bits per heavy atom. The van der Waals surface area contributed by atoms with Gasteiger partial charge in [-0.3, -0.25) is 9.97 Å². The molecule has 0 atom stereocenters. The van der Waals surface area contributed by atoms with Crippen LogP contribution in [-0.4, -0.2) is 15.0 Å². The smallest absolute Gasteiger partial charge is 0.0897 e. The second-order valence-electron chi connectivity index (χ2n) is 6.31. The predicted octanol–water partition coefficient (Wildman–Crippen LogP) is 4.50. The van der Waals surface area contributed by atoms with E-state index in [0.717, 1.165) is 22.8 Å². The van der Waals surface area contributed by atoms with Gasteiger partial charge in [0, 0.05) is 12.4 Å². The van der Waals surface area contributed by atoms with Crippen LogP contribution >= 0.6 is 0 Å². The van der Waals surface area contributed by atoms with E-state index in [2.05, 4.69) is 42.9 Å². The molecular formula is C19H19N3. The molecule has 22 heavy (non-hydrogen) atoms. The van der Waals surface area contributed by atoms with Crippen LogP contribution < -0.4 is 0 Å². The molecule has 0 bridgehead atoms. The zero-order valence-corrected chi connectivity index (χ0v) is 13.1. The summed E-state index contributed by atoms with van der Waals surface area (Å²) in [5.41, 5.74) is 4.79. The molecule has 0 fully saturated rings. The Labute approximate surface area is 131 Å². The van der Waals surface area contributed by atoms with Gasteiger partial charge in [0.1, 0.15) is 0 Å². The van der Waals surface area contributed by atoms with Gasteiger partial charge in [0.15, 0.2) is 0 Å². The fourth-order valence-electron chi connectivity index (χ4n) is 2.25. The highest BCUT2D eigenvalue weighted by Gasteiger charge is 2.17. The zero-order valence-electron chi connectivity index (χ0n) is 13.1. The molecule has 0 aliphatic heterocycles. The van der Waals surface area contributed by atoms with Crippen LogP contribution in [0.1, 0.15) is 26.3 Å². The molecule has 0 amide bonds. The van der Waals surface area contributed by atoms with Crippen molar-refractivity contribution in [1.82, 2.24) is 15.0 Å². The number of aromatic nitrogens is 3. The quantitative estimate of drug-likeness (QED) is 0.697. The first-order valence-electron chi connectivity index (χ1n) is 7.39. The Bertz CT molecular complexity index is 702. The largest absolute Gasteiger partial charge is 0.255 e. The maximum atomic E-state index is 4.76. The summed E-state index contributed by atoms with van der Waals surface area (Å²) in [5, 5.41) is 0. The molecular weight excluding hydrogens is 270 g/mol. The van der Waals surface area contributed by atoms with Crippen LogP contribution in [0.5, 0.6) is 0 Å². The second kappa shape index (κ2) is 5.68. The van der Waals surface area contributed by atoms with Crippen LogP contribution in [-0.2, 0) is 5.41 Å². The van der Waals surface area contributed by atoms with Crippen molar-refractivity contribution in [3.63, 3.8) is 0 Å². The Morgan fingerprint density at radius 2 is 1.18 bits per heavy atom. The molecule has 0 saturated heterocycles. The highest BCUT2D eigenvalue weighted by molar-refractivity contribution is 5.63. The second-order valence-corrected chi connectivity index (χ2v) is 6.31. The molecule has 0 radical (unpaired) electrons. The standard InChI is InChI=1S/C19H19N3/c1-19(2,3)14-12-17(15-8-4-6-10-20-15)22-18(13-14)16-9-5-7-11-21-16/h4-13H,1-3H3. The van der Waals surface area contributed by atoms with E-state index in [4.69, 9.17) is 4.98 Å². The van der Waals surface area contributed by atoms with E-state index in [1.165, 1.54) is 5.56 Å². The lowest BCUT2D eigenvalue weighted by atomic mass is 9.86. The van der Waals surface area contributed by atoms with E-state index in [9.17, 15) is 0 Å². The average Bonchev–Trinajstić information content (AvgIpc) is 2.55. The number of pyridine rings is 3. The van der Waals surface area contributed by atoms with Crippen LogP contribution in [0.3, 0.4) is 0 Å². The van der Waals surface area contributed by atoms with Gasteiger partial charge in [-0.2, -0.15) is 0 Å². The summed E-state index contributed by atoms with van der Waals surface area (Å²) in [5.74, 6) is 0. The molecule has 3 aromatic heterocycles. The summed E-state index contributed by atoms with van der Waals surface area (Å²) < 4.78 is 0. The van der Waals surface area contributed by atoms with Crippen molar-refractivity contribution in [3.8, 4) is 22.8 Å². The van der Waals surface area contributed by atoms with E-state index in [-0.39, 0.29) is 5.41 Å². The van der Waals surface area contributed by atoms with Crippen LogP contribution in [0.2, 0.25) is 0 Å². The first kappa shape index (κ1) is 14.4. The third kappa shape index (κ3) is 3.03. The van der Waals surface area contributed by atoms with Gasteiger partial charge in [-0.15, -0.1) is 0 Å². The van der Waals surface area contributed by atoms with Crippen molar-refractivity contribution in [2.24, 2.45) is 0 Å². The number of nitrogens with zero attached hydrogens (tertiary/aromatic N) is 3. The number of hydrogen-bond donors (Lipinski definition) is 0. The highest BCUT2D eigenvalue weighted by Crippen LogP contribution is 2.29. The summed E-state index contributed by atoms with van der Waals surface area (Å²) in [6.07, 6.45) is 3.59. The van der Waals surface area contributed by atoms with Crippen molar-refractivity contribution in [2.45, 2.75) is 26.2 Å². The number of hydrogen-bond acceptors (Lipinski definition) is 3. The lowest BCUT2D eigenvalue weighted by molar-refractivity contribution is 0.590. The van der Waals surface area contributed by atoms with Crippen molar-refractivity contribution in [3.05, 3.63) is 66.5 Å². The van der Waals surface area contributed by atoms with E-state index in [1.54, 1.807) is 12.4 Å². The van der Waals surface area contributed by atoms with Crippen LogP contribution in [0.25, 0.3) is 22.8 Å². The first-order valence-corrected chi connectivity index (χ1v) is 7.39. The molecule has 0 aliphatic carbocycles. The van der Waals surface area contributed by atoms with Gasteiger partial charge in [0.05, 0.1) is 22.8 Å². The van der Waals surface area contributed by atoms with Crippen molar-refractivity contribution in [1.29, 1.82) is 0 Å². The van der Waals surface area contributed by atoms with Gasteiger partial charge >= 0.3 is 0 Å². The van der Waals surface area contributed by atoms with E-state index in [0.29, 0.717) is 0 Å². The molecule has 0 saturated carbocycles. The van der Waals surface area contributed by atoms with Crippen LogP contribution in [0, 0.1) is 0 Å². The molecule has 3 rings (SSSR count). The van der Waals surface area contributed by atoms with Gasteiger partial charge in [-0.25, -0.2) is 4.98 Å². The summed E-state index contributed by atoms with van der Waals surface area (Å²) >= 11 is 0. The molecule has 0 N–H and O–H groups in total. The fraction of sp³-hybridized carbons (Fsp3) is 0.211. The molecule has 3 nitrogen and oxygen atoms in total. The Morgan fingerprint density at radius 3 is 1.55 bits per heavy atom. The van der Waals surface area contributed by atoms with Crippen LogP contribution in [0.15, 0.2) is 60.9 Å². The summed E-state index contributed by atoms with van der Waals surface area (Å²) in [7, 11) is 0. The first-order chi connectivity index (χ1) is 10.5. The topological polar surface area (TPSA) is 38.7 Å². The molecule has 3 heterocycles. The van der Waals surface area contributed by atoms with Crippen molar-refractivity contribution in [2.75, 3.05) is 0 Å². The predicted molar refractivity (Wildman–Crippen MR) is 89.4 cm³/mol. The Balaban J connectivity index is 2.19. The van der Waals surface area contributed by atoms with E-state index < -0.39 is 0 Å². The van der Waals surface area contributed by atoms with Gasteiger partial charge in [0.2, 0.25) is 0 Å². The van der Waals surface area contributed by atoms with E-state index >= 15 is 0 Å². The van der Waals surface area contributed by atoms with Crippen molar-refractivity contribution < 1.29 is 0 Å². The summed E-state index contributed by atoms with van der Waals surface area (Å²) in [4.78, 5) is 13.6. The van der Waals surface area contributed by atoms with Gasteiger partial charge in [-0.05, 0) is 47.4 Å². The Kier molecular flexibility index (Phi) is 3.72. The maximum absolute atomic E-state index is 4.76. The van der Waals surface area contributed by atoms with Gasteiger partial charge in [-0.1, -0.05) is 32.9 Å². The molecule has 0 aliphatic rings. The monoisotopic (exact) mass is 289 g/mol. The van der Waals surface area contributed by atoms with Crippen LogP contribution in [0.4, 0.5) is 0 Å². The normalized spacial score (nSPS) is 11.4. The molecule has 110 valence electrons. The Hall–Kier alpha value is -2.55. The van der Waals surface area contributed by atoms with Crippen molar-refractivity contribution >= 4 is 0 Å². The minimum atomic E-state index is 0.0377. The van der Waals surface area contributed by atoms with E-state index in [1.807, 2.05) is 36.4 Å². The summed E-state index contributed by atoms with van der Waals surface area (Å²) in [6, 6.07) is 16.0. The zero-order chi connectivity index (χ0) is 15.6. The van der Waals surface area contributed by atoms with Gasteiger partial charge in [0.25, 0.3) is 0 Å². The fourth-order valence-corrected chi connectivity index (χ4v) is 2.25. The minimum absolute atomic E-state index is 0.0377. The average molecular weight is 289 g/mol. The molecule has 3 aromatic rings. The third-order valence-corrected chi connectivity index (χ3v) is 3.55. The lowest BCUT2D eigenvalue weighted by Gasteiger charge is -2.20. The molecule has 0 spiro atoms. The summed E-state index contributed by atoms with van der Waals surface area (Å²) in [6.45, 7) is 6.60. The molecule has 0 aromatic carbocycles. The van der Waals surface area contributed by atoms with Gasteiger partial charge < -0.3 is 0 Å². The maximum Gasteiger partial charge on any atom is 0.0897 e. The highest BCUT2D eigenvalue weighted by atomic mass is 14.8.